The highest BCUT2D eigenvalue weighted by Gasteiger charge is 2.19. The predicted molar refractivity (Wildman–Crippen MR) is 227 cm³/mol. The van der Waals surface area contributed by atoms with Crippen molar-refractivity contribution in [1.29, 1.82) is 0 Å². The normalized spacial score (nSPS) is 13.1. The Hall–Kier alpha value is -7.63. The number of hydrogen-bond acceptors (Lipinski definition) is 5. The van der Waals surface area contributed by atoms with Gasteiger partial charge < -0.3 is 8.83 Å². The molecule has 0 aliphatic carbocycles. The summed E-state index contributed by atoms with van der Waals surface area (Å²) in [7, 11) is 0. The number of nitrogens with zero attached hydrogens (tertiary/aromatic N) is 3. The standard InChI is InChI=1S/C51H31N3O2/c1-3-11-32(12-4-1)34-21-25-36(26-22-34)49-52-50(37-27-23-35(24-28-37)33-13-5-2-6-14-33)54-51(53-49)38-29-30-39-41-17-9-18-42(48(41)56-46(39)31-38)40-16-10-20-45-47(40)43-15-7-8-19-44(43)55-45/h1-31H/i9D,17D,18D,29D,30D,31D. The van der Waals surface area contributed by atoms with Gasteiger partial charge in [0, 0.05) is 43.8 Å². The van der Waals surface area contributed by atoms with Crippen LogP contribution in [-0.4, -0.2) is 15.0 Å². The number of para-hydroxylation sites is 2. The summed E-state index contributed by atoms with van der Waals surface area (Å²) in [5, 5.41) is 1.61. The maximum absolute atomic E-state index is 9.64. The second-order valence-electron chi connectivity index (χ2n) is 13.5. The van der Waals surface area contributed by atoms with Crippen molar-refractivity contribution in [3.05, 3.63) is 188 Å². The molecular weight excluding hydrogens is 687 g/mol. The first-order chi connectivity index (χ1) is 30.2. The monoisotopic (exact) mass is 723 g/mol. The van der Waals surface area contributed by atoms with Crippen molar-refractivity contribution in [1.82, 2.24) is 15.0 Å². The molecule has 11 rings (SSSR count). The third kappa shape index (κ3) is 5.45. The van der Waals surface area contributed by atoms with Crippen molar-refractivity contribution >= 4 is 43.9 Å². The molecule has 0 fully saturated rings. The molecule has 5 nitrogen and oxygen atoms in total. The second-order valence-corrected chi connectivity index (χ2v) is 13.5. The first-order valence-electron chi connectivity index (χ1n) is 21.2. The van der Waals surface area contributed by atoms with E-state index < -0.39 is 0 Å². The van der Waals surface area contributed by atoms with Crippen LogP contribution in [0, 0.1) is 0 Å². The molecule has 0 unspecified atom stereocenters. The topological polar surface area (TPSA) is 65.0 Å². The van der Waals surface area contributed by atoms with Crippen molar-refractivity contribution < 1.29 is 17.1 Å². The molecule has 0 aliphatic rings. The maximum Gasteiger partial charge on any atom is 0.164 e. The zero-order valence-corrected chi connectivity index (χ0v) is 29.6. The van der Waals surface area contributed by atoms with Crippen molar-refractivity contribution in [2.45, 2.75) is 0 Å². The fourth-order valence-electron chi connectivity index (χ4n) is 7.33. The van der Waals surface area contributed by atoms with Gasteiger partial charge in [-0.15, -0.1) is 0 Å². The number of rotatable bonds is 6. The summed E-state index contributed by atoms with van der Waals surface area (Å²) >= 11 is 0. The number of fused-ring (bicyclic) bond motifs is 6. The molecule has 0 bridgehead atoms. The summed E-state index contributed by atoms with van der Waals surface area (Å²) in [5.41, 5.74) is 7.40. The van der Waals surface area contributed by atoms with E-state index >= 15 is 0 Å². The number of benzene rings is 8. The van der Waals surface area contributed by atoms with E-state index in [1.54, 1.807) is 6.07 Å². The van der Waals surface area contributed by atoms with Crippen LogP contribution in [0.1, 0.15) is 8.22 Å². The van der Waals surface area contributed by atoms with Crippen LogP contribution < -0.4 is 0 Å². The quantitative estimate of drug-likeness (QED) is 0.171. The Labute approximate surface area is 330 Å². The first-order valence-corrected chi connectivity index (χ1v) is 18.2. The van der Waals surface area contributed by atoms with Gasteiger partial charge in [-0.3, -0.25) is 0 Å². The molecule has 56 heavy (non-hydrogen) atoms. The lowest BCUT2D eigenvalue weighted by Gasteiger charge is -2.10. The highest BCUT2D eigenvalue weighted by molar-refractivity contribution is 6.17. The van der Waals surface area contributed by atoms with Crippen LogP contribution in [0.2, 0.25) is 0 Å². The summed E-state index contributed by atoms with van der Waals surface area (Å²) in [6.07, 6.45) is 0. The summed E-state index contributed by atoms with van der Waals surface area (Å²) in [4.78, 5) is 14.6. The van der Waals surface area contributed by atoms with Crippen molar-refractivity contribution in [3.8, 4) is 67.5 Å². The smallest absolute Gasteiger partial charge is 0.164 e. The van der Waals surface area contributed by atoms with Gasteiger partial charge in [0.25, 0.3) is 0 Å². The molecule has 0 aliphatic heterocycles. The Morgan fingerprint density at radius 3 is 1.57 bits per heavy atom. The Bertz CT molecular complexity index is 3470. The Morgan fingerprint density at radius 2 is 0.911 bits per heavy atom. The van der Waals surface area contributed by atoms with Gasteiger partial charge >= 0.3 is 0 Å². The number of aromatic nitrogens is 3. The molecule has 0 N–H and O–H groups in total. The minimum atomic E-state index is -0.371. The molecule has 5 heteroatoms. The van der Waals surface area contributed by atoms with Crippen LogP contribution in [0.25, 0.3) is 111 Å². The molecule has 0 atom stereocenters. The second kappa shape index (κ2) is 13.0. The average Bonchev–Trinajstić information content (AvgIpc) is 3.91. The highest BCUT2D eigenvalue weighted by atomic mass is 16.3. The lowest BCUT2D eigenvalue weighted by atomic mass is 9.97. The van der Waals surface area contributed by atoms with E-state index in [4.69, 9.17) is 26.5 Å². The Kier molecular flexibility index (Phi) is 6.10. The van der Waals surface area contributed by atoms with E-state index in [1.165, 1.54) is 0 Å². The minimum absolute atomic E-state index is 0.00144. The van der Waals surface area contributed by atoms with Gasteiger partial charge in [0.1, 0.15) is 22.3 Å². The fourth-order valence-corrected chi connectivity index (χ4v) is 7.33. The van der Waals surface area contributed by atoms with Crippen LogP contribution in [0.4, 0.5) is 0 Å². The highest BCUT2D eigenvalue weighted by Crippen LogP contribution is 2.42. The largest absolute Gasteiger partial charge is 0.456 e. The summed E-state index contributed by atoms with van der Waals surface area (Å²) in [6, 6.07) is 46.7. The van der Waals surface area contributed by atoms with Gasteiger partial charge in [-0.1, -0.05) is 164 Å². The van der Waals surface area contributed by atoms with Gasteiger partial charge in [0.2, 0.25) is 0 Å². The zero-order valence-electron chi connectivity index (χ0n) is 35.6. The van der Waals surface area contributed by atoms with E-state index in [2.05, 4.69) is 0 Å². The van der Waals surface area contributed by atoms with E-state index in [9.17, 15) is 5.48 Å². The van der Waals surface area contributed by atoms with Crippen LogP contribution in [0.3, 0.4) is 0 Å². The van der Waals surface area contributed by atoms with Gasteiger partial charge in [0.15, 0.2) is 17.5 Å². The number of furan rings is 2. The molecule has 8 aromatic carbocycles. The Morgan fingerprint density at radius 1 is 0.357 bits per heavy atom. The fraction of sp³-hybridized carbons (Fsp3) is 0. The molecule has 0 spiro atoms. The van der Waals surface area contributed by atoms with Crippen molar-refractivity contribution in [2.24, 2.45) is 0 Å². The van der Waals surface area contributed by atoms with E-state index in [-0.39, 0.29) is 75.1 Å². The third-order valence-corrected chi connectivity index (χ3v) is 10.1. The molecule has 3 heterocycles. The minimum Gasteiger partial charge on any atom is -0.456 e. The van der Waals surface area contributed by atoms with Crippen molar-refractivity contribution in [3.63, 3.8) is 0 Å². The first kappa shape index (κ1) is 26.2. The summed E-state index contributed by atoms with van der Waals surface area (Å²) < 4.78 is 68.4. The number of hydrogen-bond donors (Lipinski definition) is 0. The van der Waals surface area contributed by atoms with Gasteiger partial charge in [-0.2, -0.15) is 0 Å². The zero-order chi connectivity index (χ0) is 42.2. The molecule has 0 amide bonds. The molecule has 11 aromatic rings. The molecule has 0 saturated heterocycles. The SMILES string of the molecule is [2H]c1c([2H])c([2H])c2c(oc3c([2H])c(-c4nc(-c5ccc(-c6ccccc6)cc5)nc(-c5ccc(-c6ccccc6)cc5)n4)c([2H])c([2H])c32)c1-c1cccc2oc3ccccc3c12. The van der Waals surface area contributed by atoms with Crippen LogP contribution in [0.5, 0.6) is 0 Å². The van der Waals surface area contributed by atoms with Crippen LogP contribution >= 0.6 is 0 Å². The van der Waals surface area contributed by atoms with Gasteiger partial charge in [-0.25, -0.2) is 15.0 Å². The van der Waals surface area contributed by atoms with E-state index in [0.717, 1.165) is 27.6 Å². The summed E-state index contributed by atoms with van der Waals surface area (Å²) in [5.74, 6) is 0.611. The van der Waals surface area contributed by atoms with Crippen molar-refractivity contribution in [2.75, 3.05) is 0 Å². The van der Waals surface area contributed by atoms with Crippen LogP contribution in [0.15, 0.2) is 197 Å². The molecular formula is C51H31N3O2. The lowest BCUT2D eigenvalue weighted by molar-refractivity contribution is 0.668. The Balaban J connectivity index is 1.14. The third-order valence-electron chi connectivity index (χ3n) is 10.1. The predicted octanol–water partition coefficient (Wildman–Crippen LogP) is 13.7. The molecule has 3 aromatic heterocycles. The summed E-state index contributed by atoms with van der Waals surface area (Å²) in [6.45, 7) is 0. The van der Waals surface area contributed by atoms with E-state index in [0.29, 0.717) is 44.9 Å². The maximum atomic E-state index is 9.64. The molecule has 262 valence electrons. The molecule has 0 saturated carbocycles. The van der Waals surface area contributed by atoms with Gasteiger partial charge in [0.05, 0.1) is 8.22 Å². The van der Waals surface area contributed by atoms with Crippen LogP contribution in [-0.2, 0) is 0 Å². The lowest BCUT2D eigenvalue weighted by Crippen LogP contribution is -2.00. The molecule has 0 radical (unpaired) electrons. The van der Waals surface area contributed by atoms with Gasteiger partial charge in [-0.05, 0) is 52.0 Å². The average molecular weight is 724 g/mol. The van der Waals surface area contributed by atoms with E-state index in [1.807, 2.05) is 146 Å².